The van der Waals surface area contributed by atoms with E-state index in [2.05, 4.69) is 4.90 Å². The van der Waals surface area contributed by atoms with Crippen molar-refractivity contribution in [2.75, 3.05) is 46.0 Å². The van der Waals surface area contributed by atoms with E-state index in [4.69, 9.17) is 10.7 Å². The summed E-state index contributed by atoms with van der Waals surface area (Å²) in [6.45, 7) is 4.16. The molecule has 2 saturated heterocycles. The van der Waals surface area contributed by atoms with E-state index in [0.29, 0.717) is 17.0 Å². The zero-order chi connectivity index (χ0) is 23.4. The highest BCUT2D eigenvalue weighted by atomic mass is 32.1. The van der Waals surface area contributed by atoms with Crippen molar-refractivity contribution in [3.63, 3.8) is 0 Å². The van der Waals surface area contributed by atoms with Gasteiger partial charge in [0, 0.05) is 32.4 Å². The molecule has 33 heavy (non-hydrogen) atoms. The second kappa shape index (κ2) is 10.8. The number of amides is 2. The van der Waals surface area contributed by atoms with Crippen molar-refractivity contribution in [3.8, 4) is 0 Å². The number of piperidine rings is 1. The summed E-state index contributed by atoms with van der Waals surface area (Å²) in [7, 11) is 3.45. The normalized spacial score (nSPS) is 20.1. The Morgan fingerprint density at radius 1 is 1.09 bits per heavy atom. The van der Waals surface area contributed by atoms with Crippen LogP contribution in [0.3, 0.4) is 0 Å². The highest BCUT2D eigenvalue weighted by Gasteiger charge is 2.29. The molecule has 4 heterocycles. The summed E-state index contributed by atoms with van der Waals surface area (Å²) in [6, 6.07) is 3.96. The molecule has 0 spiro atoms. The standard InChI is InChI=1S/C25H37N5O2S/c1-28(2)25(32)23-22(26)18-12-13-19(27-24(18)33-23)20-10-5-8-17-30(20)21(31)11-9-16-29-14-6-3-4-7-15-29/h12-13,20H,3-11,14-17,26H2,1-2H3/t20-/m1/s1. The molecule has 2 aliphatic heterocycles. The Hall–Kier alpha value is -2.19. The minimum atomic E-state index is -0.101. The van der Waals surface area contributed by atoms with Crippen LogP contribution in [0.4, 0.5) is 5.69 Å². The molecule has 2 aromatic rings. The van der Waals surface area contributed by atoms with Crippen LogP contribution in [0.5, 0.6) is 0 Å². The number of rotatable bonds is 6. The fourth-order valence-corrected chi connectivity index (χ4v) is 6.18. The average molecular weight is 472 g/mol. The number of carbonyl (C=O) groups excluding carboxylic acids is 2. The number of nitrogen functional groups attached to an aromatic ring is 1. The Bertz CT molecular complexity index is 981. The molecule has 0 bridgehead atoms. The summed E-state index contributed by atoms with van der Waals surface area (Å²) in [5.74, 6) is 0.140. The van der Waals surface area contributed by atoms with Crippen LogP contribution < -0.4 is 5.73 Å². The summed E-state index contributed by atoms with van der Waals surface area (Å²) in [5.41, 5.74) is 7.67. The second-order valence-electron chi connectivity index (χ2n) is 9.59. The molecule has 2 aliphatic rings. The minimum absolute atomic E-state index is 0.00478. The summed E-state index contributed by atoms with van der Waals surface area (Å²) < 4.78 is 0. The number of carbonyl (C=O) groups is 2. The first-order valence-electron chi connectivity index (χ1n) is 12.4. The van der Waals surface area contributed by atoms with Gasteiger partial charge in [-0.1, -0.05) is 12.8 Å². The lowest BCUT2D eigenvalue weighted by Gasteiger charge is -2.35. The van der Waals surface area contributed by atoms with Crippen LogP contribution in [0.15, 0.2) is 12.1 Å². The summed E-state index contributed by atoms with van der Waals surface area (Å²) >= 11 is 1.34. The van der Waals surface area contributed by atoms with Crippen LogP contribution in [0.25, 0.3) is 10.2 Å². The van der Waals surface area contributed by atoms with Crippen molar-refractivity contribution in [1.82, 2.24) is 19.7 Å². The van der Waals surface area contributed by atoms with Crippen molar-refractivity contribution < 1.29 is 9.59 Å². The lowest BCUT2D eigenvalue weighted by molar-refractivity contribution is -0.135. The van der Waals surface area contributed by atoms with E-state index in [-0.39, 0.29) is 17.9 Å². The first-order valence-corrected chi connectivity index (χ1v) is 13.2. The van der Waals surface area contributed by atoms with Gasteiger partial charge in [0.05, 0.1) is 17.4 Å². The number of pyridine rings is 1. The predicted molar refractivity (Wildman–Crippen MR) is 134 cm³/mol. The molecule has 0 aromatic carbocycles. The molecular formula is C25H37N5O2S. The summed E-state index contributed by atoms with van der Waals surface area (Å²) in [5, 5.41) is 0.820. The highest BCUT2D eigenvalue weighted by Crippen LogP contribution is 2.36. The molecule has 0 saturated carbocycles. The molecule has 0 unspecified atom stereocenters. The Morgan fingerprint density at radius 3 is 2.55 bits per heavy atom. The number of likely N-dealkylation sites (tertiary alicyclic amines) is 2. The summed E-state index contributed by atoms with van der Waals surface area (Å²) in [6.07, 6.45) is 9.83. The predicted octanol–water partition coefficient (Wildman–Crippen LogP) is 4.29. The second-order valence-corrected chi connectivity index (χ2v) is 10.6. The van der Waals surface area contributed by atoms with E-state index >= 15 is 0 Å². The summed E-state index contributed by atoms with van der Waals surface area (Å²) in [4.78, 5) is 38.0. The maximum atomic E-state index is 13.2. The lowest BCUT2D eigenvalue weighted by atomic mass is 9.98. The van der Waals surface area contributed by atoms with Gasteiger partial charge >= 0.3 is 0 Å². The van der Waals surface area contributed by atoms with E-state index in [0.717, 1.165) is 54.7 Å². The average Bonchev–Trinajstić information content (AvgIpc) is 2.97. The fourth-order valence-electron chi connectivity index (χ4n) is 5.05. The number of hydrogen-bond acceptors (Lipinski definition) is 6. The van der Waals surface area contributed by atoms with E-state index in [9.17, 15) is 9.59 Å². The number of nitrogens with zero attached hydrogens (tertiary/aromatic N) is 4. The number of nitrogens with two attached hydrogens (primary N) is 1. The molecule has 8 heteroatoms. The highest BCUT2D eigenvalue weighted by molar-refractivity contribution is 7.21. The third kappa shape index (κ3) is 5.49. The van der Waals surface area contributed by atoms with Gasteiger partial charge in [0.25, 0.3) is 5.91 Å². The van der Waals surface area contributed by atoms with E-state index in [1.165, 1.54) is 55.0 Å². The smallest absolute Gasteiger partial charge is 0.265 e. The maximum Gasteiger partial charge on any atom is 0.265 e. The Morgan fingerprint density at radius 2 is 1.82 bits per heavy atom. The van der Waals surface area contributed by atoms with Crippen LogP contribution in [-0.2, 0) is 4.79 Å². The van der Waals surface area contributed by atoms with Crippen molar-refractivity contribution >= 4 is 39.1 Å². The minimum Gasteiger partial charge on any atom is -0.397 e. The fraction of sp³-hybridized carbons (Fsp3) is 0.640. The Labute approximate surface area is 200 Å². The maximum absolute atomic E-state index is 13.2. The molecular weight excluding hydrogens is 434 g/mol. The van der Waals surface area contributed by atoms with Crippen molar-refractivity contribution in [2.45, 2.75) is 63.8 Å². The number of hydrogen-bond donors (Lipinski definition) is 1. The number of anilines is 1. The van der Waals surface area contributed by atoms with Crippen molar-refractivity contribution in [2.24, 2.45) is 0 Å². The van der Waals surface area contributed by atoms with Crippen LogP contribution in [-0.4, -0.2) is 71.8 Å². The third-order valence-electron chi connectivity index (χ3n) is 6.94. The zero-order valence-electron chi connectivity index (χ0n) is 20.0. The molecule has 2 amide bonds. The van der Waals surface area contributed by atoms with E-state index in [1.54, 1.807) is 14.1 Å². The Balaban J connectivity index is 1.45. The monoisotopic (exact) mass is 471 g/mol. The molecule has 2 fully saturated rings. The van der Waals surface area contributed by atoms with Gasteiger partial charge in [0.15, 0.2) is 0 Å². The van der Waals surface area contributed by atoms with Gasteiger partial charge in [-0.25, -0.2) is 4.98 Å². The third-order valence-corrected chi connectivity index (χ3v) is 8.05. The SMILES string of the molecule is CN(C)C(=O)c1sc2nc([C@H]3CCCCN3C(=O)CCCN3CCCCCC3)ccc2c1N. The van der Waals surface area contributed by atoms with Crippen molar-refractivity contribution in [3.05, 3.63) is 22.7 Å². The van der Waals surface area contributed by atoms with Crippen LogP contribution in [0, 0.1) is 0 Å². The van der Waals surface area contributed by atoms with Gasteiger partial charge in [0.2, 0.25) is 5.91 Å². The number of aromatic nitrogens is 1. The van der Waals surface area contributed by atoms with Crippen LogP contribution in [0.2, 0.25) is 0 Å². The quantitative estimate of drug-likeness (QED) is 0.680. The van der Waals surface area contributed by atoms with Gasteiger partial charge in [-0.3, -0.25) is 9.59 Å². The van der Waals surface area contributed by atoms with Gasteiger partial charge in [0.1, 0.15) is 9.71 Å². The Kier molecular flexibility index (Phi) is 7.86. The van der Waals surface area contributed by atoms with E-state index in [1.807, 2.05) is 17.0 Å². The largest absolute Gasteiger partial charge is 0.397 e. The molecule has 1 atom stereocenters. The lowest BCUT2D eigenvalue weighted by Crippen LogP contribution is -2.39. The molecule has 2 aromatic heterocycles. The first-order chi connectivity index (χ1) is 16.0. The number of fused-ring (bicyclic) bond motifs is 1. The van der Waals surface area contributed by atoms with Crippen LogP contribution in [0.1, 0.15) is 79.2 Å². The van der Waals surface area contributed by atoms with Gasteiger partial charge in [-0.2, -0.15) is 0 Å². The molecule has 2 N–H and O–H groups in total. The molecule has 0 radical (unpaired) electrons. The van der Waals surface area contributed by atoms with Gasteiger partial charge < -0.3 is 20.4 Å². The van der Waals surface area contributed by atoms with Gasteiger partial charge in [-0.15, -0.1) is 11.3 Å². The molecule has 0 aliphatic carbocycles. The van der Waals surface area contributed by atoms with Crippen molar-refractivity contribution in [1.29, 1.82) is 0 Å². The number of thiophene rings is 1. The van der Waals surface area contributed by atoms with Gasteiger partial charge in [-0.05, 0) is 70.3 Å². The molecule has 180 valence electrons. The van der Waals surface area contributed by atoms with Crippen LogP contribution >= 0.6 is 11.3 Å². The topological polar surface area (TPSA) is 82.8 Å². The molecule has 4 rings (SSSR count). The van der Waals surface area contributed by atoms with E-state index < -0.39 is 0 Å². The first kappa shape index (κ1) is 24.0. The molecule has 7 nitrogen and oxygen atoms in total. The zero-order valence-corrected chi connectivity index (χ0v) is 20.8.